The predicted molar refractivity (Wildman–Crippen MR) is 52.6 cm³/mol. The first-order chi connectivity index (χ1) is 5.54. The van der Waals surface area contributed by atoms with Crippen LogP contribution >= 0.6 is 9.39 Å². The van der Waals surface area contributed by atoms with Crippen LogP contribution in [0, 0.1) is 5.92 Å². The Morgan fingerprint density at radius 2 is 2.33 bits per heavy atom. The third-order valence-corrected chi connectivity index (χ3v) is 3.30. The maximum atomic E-state index is 11.1. The van der Waals surface area contributed by atoms with E-state index >= 15 is 0 Å². The Balaban J connectivity index is 2.65. The van der Waals surface area contributed by atoms with Crippen LogP contribution in [-0.2, 0) is 4.79 Å². The lowest BCUT2D eigenvalue weighted by Crippen LogP contribution is -2.42. The molecule has 1 aliphatic heterocycles. The van der Waals surface area contributed by atoms with E-state index in [0.29, 0.717) is 0 Å². The SMILES string of the molecule is CC(=O)C(C)C1C(N)CCN1P. The number of nitrogens with two attached hydrogens (primary N) is 1. The summed E-state index contributed by atoms with van der Waals surface area (Å²) >= 11 is 0. The van der Waals surface area contributed by atoms with Crippen LogP contribution in [0.3, 0.4) is 0 Å². The van der Waals surface area contributed by atoms with Crippen molar-refractivity contribution in [2.24, 2.45) is 11.7 Å². The van der Waals surface area contributed by atoms with Gasteiger partial charge in [0.15, 0.2) is 0 Å². The molecule has 0 spiro atoms. The van der Waals surface area contributed by atoms with E-state index < -0.39 is 0 Å². The summed E-state index contributed by atoms with van der Waals surface area (Å²) in [6, 6.07) is 0.369. The van der Waals surface area contributed by atoms with Crippen molar-refractivity contribution >= 4 is 15.2 Å². The number of Topliss-reactive ketones (excluding diaryl/α,β-unsaturated/α-hetero) is 1. The molecule has 0 saturated carbocycles. The highest BCUT2D eigenvalue weighted by Crippen LogP contribution is 2.26. The third-order valence-electron chi connectivity index (χ3n) is 2.70. The molecular weight excluding hydrogens is 171 g/mol. The van der Waals surface area contributed by atoms with E-state index in [0.717, 1.165) is 13.0 Å². The van der Waals surface area contributed by atoms with Gasteiger partial charge >= 0.3 is 0 Å². The molecule has 0 aromatic heterocycles. The third kappa shape index (κ3) is 1.85. The van der Waals surface area contributed by atoms with Crippen molar-refractivity contribution in [1.82, 2.24) is 4.67 Å². The molecule has 0 aliphatic carbocycles. The van der Waals surface area contributed by atoms with Crippen LogP contribution < -0.4 is 5.73 Å². The molecule has 0 aromatic carbocycles. The van der Waals surface area contributed by atoms with Gasteiger partial charge in [0, 0.05) is 24.5 Å². The summed E-state index contributed by atoms with van der Waals surface area (Å²) in [6.07, 6.45) is 0.992. The number of rotatable bonds is 2. The molecule has 0 aromatic rings. The van der Waals surface area contributed by atoms with E-state index in [9.17, 15) is 4.79 Å². The molecule has 12 heavy (non-hydrogen) atoms. The second-order valence-corrected chi connectivity index (χ2v) is 4.24. The van der Waals surface area contributed by atoms with Crippen molar-refractivity contribution in [1.29, 1.82) is 0 Å². The number of ketones is 1. The summed E-state index contributed by atoms with van der Waals surface area (Å²) in [5.41, 5.74) is 5.90. The zero-order chi connectivity index (χ0) is 9.30. The van der Waals surface area contributed by atoms with E-state index in [-0.39, 0.29) is 23.8 Å². The second kappa shape index (κ2) is 3.82. The smallest absolute Gasteiger partial charge is 0.134 e. The molecule has 4 atom stereocenters. The van der Waals surface area contributed by atoms with Crippen molar-refractivity contribution in [3.63, 3.8) is 0 Å². The first-order valence-electron chi connectivity index (χ1n) is 4.31. The molecule has 1 fully saturated rings. The normalized spacial score (nSPS) is 33.7. The van der Waals surface area contributed by atoms with Gasteiger partial charge in [0.05, 0.1) is 0 Å². The van der Waals surface area contributed by atoms with Crippen LogP contribution in [0.4, 0.5) is 0 Å². The molecule has 1 heterocycles. The van der Waals surface area contributed by atoms with Gasteiger partial charge < -0.3 is 5.73 Å². The largest absolute Gasteiger partial charge is 0.326 e. The summed E-state index contributed by atoms with van der Waals surface area (Å²) in [7, 11) is 2.65. The van der Waals surface area contributed by atoms with Crippen LogP contribution in [0.5, 0.6) is 0 Å². The van der Waals surface area contributed by atoms with E-state index in [1.54, 1.807) is 6.92 Å². The first kappa shape index (κ1) is 10.1. The molecule has 70 valence electrons. The van der Waals surface area contributed by atoms with Crippen molar-refractivity contribution in [3.05, 3.63) is 0 Å². The Kier molecular flexibility index (Phi) is 3.22. The first-order valence-corrected chi connectivity index (χ1v) is 4.83. The lowest BCUT2D eigenvalue weighted by atomic mass is 9.94. The molecule has 1 aliphatic rings. The number of nitrogens with zero attached hydrogens (tertiary/aromatic N) is 1. The van der Waals surface area contributed by atoms with Crippen LogP contribution in [0.1, 0.15) is 20.3 Å². The van der Waals surface area contributed by atoms with Crippen LogP contribution in [0.15, 0.2) is 0 Å². The summed E-state index contributed by atoms with van der Waals surface area (Å²) < 4.78 is 2.11. The van der Waals surface area contributed by atoms with Gasteiger partial charge in [-0.15, -0.1) is 0 Å². The molecule has 0 bridgehead atoms. The van der Waals surface area contributed by atoms with E-state index in [1.807, 2.05) is 6.92 Å². The number of carbonyl (C=O) groups excluding carboxylic acids is 1. The Morgan fingerprint density at radius 3 is 2.67 bits per heavy atom. The van der Waals surface area contributed by atoms with Crippen LogP contribution in [-0.4, -0.2) is 29.1 Å². The summed E-state index contributed by atoms with van der Waals surface area (Å²) in [4.78, 5) is 11.1. The zero-order valence-electron chi connectivity index (χ0n) is 7.66. The fourth-order valence-electron chi connectivity index (χ4n) is 1.76. The number of carbonyl (C=O) groups is 1. The van der Waals surface area contributed by atoms with Crippen molar-refractivity contribution in [3.8, 4) is 0 Å². The second-order valence-electron chi connectivity index (χ2n) is 3.58. The van der Waals surface area contributed by atoms with Gasteiger partial charge in [-0.25, -0.2) is 0 Å². The zero-order valence-corrected chi connectivity index (χ0v) is 8.81. The highest BCUT2D eigenvalue weighted by molar-refractivity contribution is 7.13. The molecule has 0 amide bonds. The fraction of sp³-hybridized carbons (Fsp3) is 0.875. The highest BCUT2D eigenvalue weighted by atomic mass is 31.0. The van der Waals surface area contributed by atoms with Gasteiger partial charge in [-0.1, -0.05) is 16.3 Å². The molecular formula is C8H17N2OP. The van der Waals surface area contributed by atoms with Gasteiger partial charge in [-0.05, 0) is 13.3 Å². The molecule has 4 unspecified atom stereocenters. The maximum absolute atomic E-state index is 11.1. The van der Waals surface area contributed by atoms with E-state index in [2.05, 4.69) is 14.1 Å². The molecule has 3 nitrogen and oxygen atoms in total. The molecule has 1 saturated heterocycles. The summed E-state index contributed by atoms with van der Waals surface area (Å²) in [5.74, 6) is 0.282. The van der Waals surface area contributed by atoms with E-state index in [4.69, 9.17) is 5.73 Å². The number of hydrogen-bond donors (Lipinski definition) is 1. The minimum atomic E-state index is 0.0556. The standard InChI is InChI=1S/C8H17N2OP/c1-5(6(2)11)8-7(9)3-4-10(8)12/h5,7-8H,3-4,9,12H2,1-2H3. The monoisotopic (exact) mass is 188 g/mol. The van der Waals surface area contributed by atoms with Gasteiger partial charge in [-0.3, -0.25) is 9.46 Å². The number of hydrogen-bond acceptors (Lipinski definition) is 3. The predicted octanol–water partition coefficient (Wildman–Crippen LogP) is 0.403. The lowest BCUT2D eigenvalue weighted by Gasteiger charge is -2.26. The molecule has 1 rings (SSSR count). The quantitative estimate of drug-likeness (QED) is 0.638. The van der Waals surface area contributed by atoms with Crippen LogP contribution in [0.2, 0.25) is 0 Å². The molecule has 2 N–H and O–H groups in total. The van der Waals surface area contributed by atoms with Gasteiger partial charge in [0.2, 0.25) is 0 Å². The summed E-state index contributed by atoms with van der Waals surface area (Å²) in [6.45, 7) is 4.57. The minimum absolute atomic E-state index is 0.0556. The van der Waals surface area contributed by atoms with Crippen molar-refractivity contribution in [2.75, 3.05) is 6.54 Å². The maximum Gasteiger partial charge on any atom is 0.134 e. The Hall–Kier alpha value is 0.0200. The summed E-state index contributed by atoms with van der Waals surface area (Å²) in [5, 5.41) is 0. The Morgan fingerprint density at radius 1 is 1.75 bits per heavy atom. The van der Waals surface area contributed by atoms with Gasteiger partial charge in [0.25, 0.3) is 0 Å². The van der Waals surface area contributed by atoms with E-state index in [1.165, 1.54) is 0 Å². The minimum Gasteiger partial charge on any atom is -0.326 e. The average molecular weight is 188 g/mol. The Labute approximate surface area is 75.9 Å². The Bertz CT molecular complexity index is 176. The van der Waals surface area contributed by atoms with Gasteiger partial charge in [-0.2, -0.15) is 0 Å². The van der Waals surface area contributed by atoms with Crippen LogP contribution in [0.25, 0.3) is 0 Å². The molecule has 4 heteroatoms. The average Bonchev–Trinajstić information content (AvgIpc) is 2.30. The fourth-order valence-corrected chi connectivity index (χ4v) is 2.39. The van der Waals surface area contributed by atoms with Crippen molar-refractivity contribution < 1.29 is 4.79 Å². The van der Waals surface area contributed by atoms with Crippen molar-refractivity contribution in [2.45, 2.75) is 32.4 Å². The highest BCUT2D eigenvalue weighted by Gasteiger charge is 2.35. The lowest BCUT2D eigenvalue weighted by molar-refractivity contribution is -0.121. The van der Waals surface area contributed by atoms with Gasteiger partial charge in [0.1, 0.15) is 5.78 Å². The molecule has 0 radical (unpaired) electrons. The topological polar surface area (TPSA) is 46.3 Å².